The number of piperidine rings is 1. The third kappa shape index (κ3) is 4.72. The van der Waals surface area contributed by atoms with Gasteiger partial charge in [-0.25, -0.2) is 9.78 Å². The van der Waals surface area contributed by atoms with E-state index in [0.717, 1.165) is 34.9 Å². The summed E-state index contributed by atoms with van der Waals surface area (Å²) in [5.41, 5.74) is 1.90. The van der Waals surface area contributed by atoms with Gasteiger partial charge in [-0.3, -0.25) is 0 Å². The van der Waals surface area contributed by atoms with Crippen molar-refractivity contribution in [2.45, 2.75) is 29.7 Å². The van der Waals surface area contributed by atoms with Gasteiger partial charge < -0.3 is 15.3 Å². The molecule has 6 heteroatoms. The minimum atomic E-state index is -0.411. The second-order valence-corrected chi connectivity index (χ2v) is 6.82. The second kappa shape index (κ2) is 8.17. The maximum Gasteiger partial charge on any atom is 0.321 e. The van der Waals surface area contributed by atoms with Crippen molar-refractivity contribution in [3.63, 3.8) is 0 Å². The van der Waals surface area contributed by atoms with Gasteiger partial charge in [0.25, 0.3) is 0 Å². The number of benzene rings is 1. The van der Waals surface area contributed by atoms with Crippen molar-refractivity contribution in [3.8, 4) is 0 Å². The predicted octanol–water partition coefficient (Wildman–Crippen LogP) is 3.36. The van der Waals surface area contributed by atoms with Crippen LogP contribution in [-0.2, 0) is 5.75 Å². The van der Waals surface area contributed by atoms with Crippen LogP contribution >= 0.6 is 11.8 Å². The summed E-state index contributed by atoms with van der Waals surface area (Å²) in [6, 6.07) is 13.5. The Bertz CT molecular complexity index is 681. The topological polar surface area (TPSA) is 65.5 Å². The number of aliphatic hydroxyl groups is 1. The number of β-amino-alcohol motifs (C(OH)–C–C–N with tert-alkyl or cyclic N) is 1. The van der Waals surface area contributed by atoms with Crippen molar-refractivity contribution in [1.82, 2.24) is 9.88 Å². The van der Waals surface area contributed by atoms with Crippen molar-refractivity contribution < 1.29 is 9.90 Å². The van der Waals surface area contributed by atoms with E-state index in [0.29, 0.717) is 13.1 Å². The zero-order valence-corrected chi connectivity index (χ0v) is 14.2. The summed E-state index contributed by atoms with van der Waals surface area (Å²) >= 11 is 1.66. The molecule has 1 aliphatic rings. The number of nitrogens with one attached hydrogen (secondary N) is 1. The minimum absolute atomic E-state index is 0.150. The van der Waals surface area contributed by atoms with Crippen LogP contribution in [0.4, 0.5) is 10.5 Å². The molecule has 0 radical (unpaired) electrons. The molecular weight excluding hydrogens is 322 g/mol. The fourth-order valence-corrected chi connectivity index (χ4v) is 3.47. The first-order valence-electron chi connectivity index (χ1n) is 8.07. The van der Waals surface area contributed by atoms with Crippen LogP contribution in [0, 0.1) is 0 Å². The summed E-state index contributed by atoms with van der Waals surface area (Å²) in [7, 11) is 0. The quantitative estimate of drug-likeness (QED) is 0.836. The molecule has 2 aromatic rings. The van der Waals surface area contributed by atoms with Crippen LogP contribution < -0.4 is 5.32 Å². The van der Waals surface area contributed by atoms with Crippen LogP contribution in [0.3, 0.4) is 0 Å². The number of nitrogens with zero attached hydrogens (tertiary/aromatic N) is 2. The number of carbonyl (C=O) groups is 1. The van der Waals surface area contributed by atoms with Crippen molar-refractivity contribution in [3.05, 3.63) is 54.2 Å². The van der Waals surface area contributed by atoms with Gasteiger partial charge in [-0.05, 0) is 42.7 Å². The molecule has 2 heterocycles. The molecule has 0 aliphatic carbocycles. The van der Waals surface area contributed by atoms with Crippen LogP contribution in [0.25, 0.3) is 0 Å². The number of hydrogen-bond donors (Lipinski definition) is 2. The van der Waals surface area contributed by atoms with Gasteiger partial charge in [0, 0.05) is 30.7 Å². The lowest BCUT2D eigenvalue weighted by atomic mass is 10.1. The number of amides is 2. The highest BCUT2D eigenvalue weighted by Crippen LogP contribution is 2.22. The lowest BCUT2D eigenvalue weighted by Crippen LogP contribution is -2.44. The standard InChI is InChI=1S/C18H21N3O2S/c22-16-7-4-10-21(12-16)18(23)20-15-6-3-5-14(11-15)13-24-17-8-1-2-9-19-17/h1-3,5-6,8-9,11,16,22H,4,7,10,12-13H2,(H,20,23). The van der Waals surface area contributed by atoms with Gasteiger partial charge >= 0.3 is 6.03 Å². The van der Waals surface area contributed by atoms with Gasteiger partial charge in [-0.15, -0.1) is 11.8 Å². The molecule has 1 atom stereocenters. The molecule has 1 unspecified atom stereocenters. The molecule has 0 saturated carbocycles. The normalized spacial score (nSPS) is 17.5. The summed E-state index contributed by atoms with van der Waals surface area (Å²) in [5, 5.41) is 13.6. The number of hydrogen-bond acceptors (Lipinski definition) is 4. The summed E-state index contributed by atoms with van der Waals surface area (Å²) in [6.07, 6.45) is 2.98. The lowest BCUT2D eigenvalue weighted by molar-refractivity contribution is 0.0883. The highest BCUT2D eigenvalue weighted by atomic mass is 32.2. The third-order valence-corrected chi connectivity index (χ3v) is 4.90. The van der Waals surface area contributed by atoms with Crippen molar-refractivity contribution in [2.75, 3.05) is 18.4 Å². The number of thioether (sulfide) groups is 1. The number of urea groups is 1. The average molecular weight is 343 g/mol. The number of pyridine rings is 1. The first kappa shape index (κ1) is 16.8. The van der Waals surface area contributed by atoms with Gasteiger partial charge in [0.2, 0.25) is 0 Å². The molecular formula is C18H21N3O2S. The van der Waals surface area contributed by atoms with Gasteiger partial charge in [0.05, 0.1) is 11.1 Å². The van der Waals surface area contributed by atoms with Crippen molar-refractivity contribution in [2.24, 2.45) is 0 Å². The fraction of sp³-hybridized carbons (Fsp3) is 0.333. The fourth-order valence-electron chi connectivity index (χ4n) is 2.67. The molecule has 1 saturated heterocycles. The average Bonchev–Trinajstić information content (AvgIpc) is 2.61. The number of likely N-dealkylation sites (tertiary alicyclic amines) is 1. The zero-order valence-electron chi connectivity index (χ0n) is 13.4. The molecule has 1 aromatic heterocycles. The van der Waals surface area contributed by atoms with Gasteiger partial charge in [-0.2, -0.15) is 0 Å². The first-order chi connectivity index (χ1) is 11.7. The Hall–Kier alpha value is -2.05. The van der Waals surface area contributed by atoms with Gasteiger partial charge in [-0.1, -0.05) is 18.2 Å². The van der Waals surface area contributed by atoms with E-state index in [1.54, 1.807) is 22.9 Å². The van der Waals surface area contributed by atoms with Crippen molar-refractivity contribution >= 4 is 23.5 Å². The largest absolute Gasteiger partial charge is 0.391 e. The molecule has 0 bridgehead atoms. The molecule has 1 aromatic carbocycles. The van der Waals surface area contributed by atoms with E-state index in [1.165, 1.54) is 0 Å². The maximum absolute atomic E-state index is 12.3. The van der Waals surface area contributed by atoms with E-state index < -0.39 is 6.10 Å². The van der Waals surface area contributed by atoms with E-state index in [1.807, 2.05) is 42.5 Å². The summed E-state index contributed by atoms with van der Waals surface area (Å²) < 4.78 is 0. The van der Waals surface area contributed by atoms with E-state index in [9.17, 15) is 9.90 Å². The first-order valence-corrected chi connectivity index (χ1v) is 9.06. The zero-order chi connectivity index (χ0) is 16.8. The Morgan fingerprint density at radius 2 is 2.25 bits per heavy atom. The molecule has 1 aliphatic heterocycles. The number of rotatable bonds is 4. The minimum Gasteiger partial charge on any atom is -0.391 e. The molecule has 0 spiro atoms. The Morgan fingerprint density at radius 3 is 3.04 bits per heavy atom. The predicted molar refractivity (Wildman–Crippen MR) is 96.1 cm³/mol. The Labute approximate surface area is 146 Å². The van der Waals surface area contributed by atoms with Crippen molar-refractivity contribution in [1.29, 1.82) is 0 Å². The molecule has 5 nitrogen and oxygen atoms in total. The smallest absolute Gasteiger partial charge is 0.321 e. The summed E-state index contributed by atoms with van der Waals surface area (Å²) in [5.74, 6) is 0.795. The van der Waals surface area contributed by atoms with Gasteiger partial charge in [0.1, 0.15) is 0 Å². The number of aromatic nitrogens is 1. The molecule has 3 rings (SSSR count). The number of aliphatic hydroxyl groups excluding tert-OH is 1. The van der Waals surface area contributed by atoms with Crippen LogP contribution in [0.1, 0.15) is 18.4 Å². The highest BCUT2D eigenvalue weighted by Gasteiger charge is 2.21. The monoisotopic (exact) mass is 343 g/mol. The van der Waals surface area contributed by atoms with E-state index in [2.05, 4.69) is 10.3 Å². The van der Waals surface area contributed by atoms with Gasteiger partial charge in [0.15, 0.2) is 0 Å². The molecule has 24 heavy (non-hydrogen) atoms. The lowest BCUT2D eigenvalue weighted by Gasteiger charge is -2.30. The summed E-state index contributed by atoms with van der Waals surface area (Å²) in [4.78, 5) is 18.3. The number of carbonyl (C=O) groups excluding carboxylic acids is 1. The third-order valence-electron chi connectivity index (χ3n) is 3.89. The SMILES string of the molecule is O=C(Nc1cccc(CSc2ccccn2)c1)N1CCCC(O)C1. The van der Waals surface area contributed by atoms with Crippen LogP contribution in [-0.4, -0.2) is 40.2 Å². The molecule has 2 N–H and O–H groups in total. The molecule has 1 fully saturated rings. The summed E-state index contributed by atoms with van der Waals surface area (Å²) in [6.45, 7) is 1.10. The Balaban J connectivity index is 1.57. The second-order valence-electron chi connectivity index (χ2n) is 5.83. The molecule has 126 valence electrons. The van der Waals surface area contributed by atoms with E-state index in [-0.39, 0.29) is 6.03 Å². The Kier molecular flexibility index (Phi) is 5.72. The Morgan fingerprint density at radius 1 is 1.33 bits per heavy atom. The maximum atomic E-state index is 12.3. The molecule has 2 amide bonds. The highest BCUT2D eigenvalue weighted by molar-refractivity contribution is 7.98. The van der Waals surface area contributed by atoms with E-state index in [4.69, 9.17) is 0 Å². The number of anilines is 1. The van der Waals surface area contributed by atoms with Crippen LogP contribution in [0.15, 0.2) is 53.7 Å². The van der Waals surface area contributed by atoms with E-state index >= 15 is 0 Å². The van der Waals surface area contributed by atoms with Crippen LogP contribution in [0.5, 0.6) is 0 Å². The van der Waals surface area contributed by atoms with Crippen LogP contribution in [0.2, 0.25) is 0 Å².